The van der Waals surface area contributed by atoms with Crippen molar-refractivity contribution in [1.82, 2.24) is 14.9 Å². The van der Waals surface area contributed by atoms with E-state index in [2.05, 4.69) is 23.3 Å². The fraction of sp³-hybridized carbons (Fsp3) is 0.280. The maximum atomic E-state index is 13.5. The maximum Gasteiger partial charge on any atom is 0.252 e. The lowest BCUT2D eigenvalue weighted by molar-refractivity contribution is -0.116. The molecule has 1 atom stereocenters. The summed E-state index contributed by atoms with van der Waals surface area (Å²) in [5.41, 5.74) is 4.20. The van der Waals surface area contributed by atoms with Crippen molar-refractivity contribution in [3.63, 3.8) is 0 Å². The average molecular weight is 500 g/mol. The lowest BCUT2D eigenvalue weighted by atomic mass is 10.0. The molecule has 1 aliphatic rings. The molecule has 0 saturated heterocycles. The molecule has 0 aliphatic heterocycles. The molecule has 4 rings (SSSR count). The summed E-state index contributed by atoms with van der Waals surface area (Å²) < 4.78 is 39.1. The Morgan fingerprint density at radius 2 is 1.97 bits per heavy atom. The van der Waals surface area contributed by atoms with E-state index in [-0.39, 0.29) is 22.1 Å². The Bertz CT molecular complexity index is 1380. The molecule has 0 spiro atoms. The van der Waals surface area contributed by atoms with Gasteiger partial charge in [-0.2, -0.15) is 0 Å². The van der Waals surface area contributed by atoms with E-state index in [0.717, 1.165) is 41.0 Å². The summed E-state index contributed by atoms with van der Waals surface area (Å²) in [6, 6.07) is 7.79. The number of amides is 1. The summed E-state index contributed by atoms with van der Waals surface area (Å²) in [5, 5.41) is 3.06. The van der Waals surface area contributed by atoms with E-state index in [9.17, 15) is 17.6 Å². The Labute approximate surface area is 202 Å². The third kappa shape index (κ3) is 4.90. The van der Waals surface area contributed by atoms with Gasteiger partial charge in [0.2, 0.25) is 14.2 Å². The molecule has 0 bridgehead atoms. The molecule has 0 radical (unpaired) electrons. The highest BCUT2D eigenvalue weighted by Gasteiger charge is 2.25. The summed E-state index contributed by atoms with van der Waals surface area (Å²) in [5.74, 6) is -0.538. The van der Waals surface area contributed by atoms with Crippen molar-refractivity contribution in [3.8, 4) is 5.69 Å². The van der Waals surface area contributed by atoms with Crippen LogP contribution in [0.25, 0.3) is 17.3 Å². The Kier molecular flexibility index (Phi) is 6.86. The van der Waals surface area contributed by atoms with Crippen LogP contribution < -0.4 is 5.32 Å². The predicted molar refractivity (Wildman–Crippen MR) is 133 cm³/mol. The highest BCUT2D eigenvalue weighted by molar-refractivity contribution is 7.92. The van der Waals surface area contributed by atoms with Gasteiger partial charge in [0.05, 0.1) is 11.7 Å². The number of sulfone groups is 1. The minimum Gasteiger partial charge on any atom is -0.344 e. The largest absolute Gasteiger partial charge is 0.344 e. The first-order valence-electron chi connectivity index (χ1n) is 11.0. The van der Waals surface area contributed by atoms with Gasteiger partial charge in [-0.05, 0) is 55.7 Å². The van der Waals surface area contributed by atoms with E-state index >= 15 is 0 Å². The van der Waals surface area contributed by atoms with Crippen LogP contribution in [0, 0.1) is 5.82 Å². The number of nitrogens with one attached hydrogen (secondary N) is 1. The molecular weight excluding hydrogens is 473 g/mol. The number of allylic oxidation sites excluding steroid dienone is 2. The van der Waals surface area contributed by atoms with Gasteiger partial charge in [-0.1, -0.05) is 25.5 Å². The Morgan fingerprint density at radius 1 is 1.24 bits per heavy atom. The fourth-order valence-electron chi connectivity index (χ4n) is 3.92. The van der Waals surface area contributed by atoms with Gasteiger partial charge in [0.25, 0.3) is 5.91 Å². The van der Waals surface area contributed by atoms with Crippen LogP contribution in [-0.2, 0) is 14.6 Å². The van der Waals surface area contributed by atoms with Gasteiger partial charge >= 0.3 is 0 Å². The number of thiazole rings is 1. The average Bonchev–Trinajstić information content (AvgIpc) is 3.41. The lowest BCUT2D eigenvalue weighted by Crippen LogP contribution is -2.28. The molecule has 1 amide bonds. The van der Waals surface area contributed by atoms with Gasteiger partial charge in [-0.25, -0.2) is 17.8 Å². The van der Waals surface area contributed by atoms with Crippen molar-refractivity contribution in [2.75, 3.05) is 6.26 Å². The molecule has 2 aromatic heterocycles. The number of hydrogen-bond acceptors (Lipinski definition) is 5. The van der Waals surface area contributed by atoms with Gasteiger partial charge < -0.3 is 9.88 Å². The number of carbonyl (C=O) groups excluding carboxylic acids is 1. The molecule has 1 aliphatic carbocycles. The van der Waals surface area contributed by atoms with E-state index < -0.39 is 9.84 Å². The first-order chi connectivity index (χ1) is 16.2. The van der Waals surface area contributed by atoms with Crippen LogP contribution in [0.2, 0.25) is 0 Å². The van der Waals surface area contributed by atoms with Crippen molar-refractivity contribution >= 4 is 38.7 Å². The zero-order valence-corrected chi connectivity index (χ0v) is 20.8. The minimum atomic E-state index is -3.40. The third-order valence-electron chi connectivity index (χ3n) is 5.81. The van der Waals surface area contributed by atoms with Gasteiger partial charge in [-0.3, -0.25) is 4.79 Å². The number of halogens is 1. The van der Waals surface area contributed by atoms with E-state index in [4.69, 9.17) is 0 Å². The van der Waals surface area contributed by atoms with Crippen molar-refractivity contribution in [2.45, 2.75) is 43.5 Å². The number of aromatic nitrogens is 2. The SMILES string of the molecule is CCC1=Cc2c(ccn2-c2ccc(F)cc2)C(C(=O)NC(CC)c2cnc(S(C)(=O)=O)s2)=CC1. The van der Waals surface area contributed by atoms with Gasteiger partial charge in [-0.15, -0.1) is 11.3 Å². The van der Waals surface area contributed by atoms with E-state index in [0.29, 0.717) is 23.3 Å². The third-order valence-corrected chi connectivity index (χ3v) is 8.61. The smallest absolute Gasteiger partial charge is 0.252 e. The summed E-state index contributed by atoms with van der Waals surface area (Å²) in [7, 11) is -3.40. The van der Waals surface area contributed by atoms with Gasteiger partial charge in [0.15, 0.2) is 0 Å². The van der Waals surface area contributed by atoms with Crippen LogP contribution in [0.3, 0.4) is 0 Å². The molecule has 2 heterocycles. The molecule has 34 heavy (non-hydrogen) atoms. The molecule has 3 aromatic rings. The Balaban J connectivity index is 1.67. The van der Waals surface area contributed by atoms with Gasteiger partial charge in [0, 0.05) is 40.4 Å². The van der Waals surface area contributed by atoms with E-state index in [1.807, 2.05) is 29.8 Å². The quantitative estimate of drug-likeness (QED) is 0.477. The number of hydrogen-bond donors (Lipinski definition) is 1. The highest BCUT2D eigenvalue weighted by atomic mass is 32.2. The van der Waals surface area contributed by atoms with Crippen molar-refractivity contribution in [2.24, 2.45) is 0 Å². The zero-order chi connectivity index (χ0) is 24.5. The maximum absolute atomic E-state index is 13.5. The standard InChI is InChI=1S/C25H26FN3O3S2/c1-4-16-6-11-20(19-12-13-29(22(19)14-16)18-9-7-17(26)8-10-18)24(30)28-21(5-2)23-15-27-25(33-23)34(3,31)32/h7-15,21H,4-6H2,1-3H3,(H,28,30). The highest BCUT2D eigenvalue weighted by Crippen LogP contribution is 2.33. The molecule has 1 unspecified atom stereocenters. The molecule has 178 valence electrons. The summed E-state index contributed by atoms with van der Waals surface area (Å²) in [6.07, 6.45) is 10.6. The molecule has 0 fully saturated rings. The number of fused-ring (bicyclic) bond motifs is 1. The van der Waals surface area contributed by atoms with Crippen LogP contribution >= 0.6 is 11.3 Å². The summed E-state index contributed by atoms with van der Waals surface area (Å²) >= 11 is 1.08. The van der Waals surface area contributed by atoms with Crippen LogP contribution in [-0.4, -0.2) is 30.1 Å². The molecule has 0 saturated carbocycles. The first kappa shape index (κ1) is 24.1. The number of rotatable bonds is 7. The minimum absolute atomic E-state index is 0.0410. The lowest BCUT2D eigenvalue weighted by Gasteiger charge is -2.17. The summed E-state index contributed by atoms with van der Waals surface area (Å²) in [4.78, 5) is 18.2. The van der Waals surface area contributed by atoms with Crippen molar-refractivity contribution in [1.29, 1.82) is 0 Å². The molecule has 1 aromatic carbocycles. The Hall–Kier alpha value is -3.04. The van der Waals surface area contributed by atoms with E-state index in [1.165, 1.54) is 23.9 Å². The van der Waals surface area contributed by atoms with Crippen molar-refractivity contribution < 1.29 is 17.6 Å². The van der Waals surface area contributed by atoms with Crippen LogP contribution in [0.5, 0.6) is 0 Å². The molecule has 1 N–H and O–H groups in total. The second-order valence-corrected chi connectivity index (χ2v) is 11.4. The van der Waals surface area contributed by atoms with Crippen LogP contribution in [0.4, 0.5) is 4.39 Å². The summed E-state index contributed by atoms with van der Waals surface area (Å²) in [6.45, 7) is 4.01. The van der Waals surface area contributed by atoms with E-state index in [1.54, 1.807) is 12.1 Å². The number of benzene rings is 1. The normalized spacial score (nSPS) is 14.6. The van der Waals surface area contributed by atoms with Gasteiger partial charge in [0.1, 0.15) is 5.82 Å². The zero-order valence-electron chi connectivity index (χ0n) is 19.2. The topological polar surface area (TPSA) is 81.1 Å². The molecule has 6 nitrogen and oxygen atoms in total. The number of carbonyl (C=O) groups is 1. The second kappa shape index (κ2) is 9.68. The fourth-order valence-corrected chi connectivity index (χ4v) is 5.83. The second-order valence-electron chi connectivity index (χ2n) is 8.17. The van der Waals surface area contributed by atoms with Crippen molar-refractivity contribution in [3.05, 3.63) is 76.3 Å². The van der Waals surface area contributed by atoms with Crippen LogP contribution in [0.15, 0.2) is 58.7 Å². The first-order valence-corrected chi connectivity index (χ1v) is 13.8. The molecular formula is C25H26FN3O3S2. The van der Waals surface area contributed by atoms with Crippen LogP contribution in [0.1, 0.15) is 55.3 Å². The Morgan fingerprint density at radius 3 is 2.59 bits per heavy atom. The number of nitrogens with zero attached hydrogens (tertiary/aromatic N) is 2. The monoisotopic (exact) mass is 499 g/mol. The molecule has 9 heteroatoms. The predicted octanol–water partition coefficient (Wildman–Crippen LogP) is 5.32.